The average Bonchev–Trinajstić information content (AvgIpc) is 3.36. The zero-order chi connectivity index (χ0) is 53.9. The molecule has 6 fully saturated rings. The lowest BCUT2D eigenvalue weighted by molar-refractivity contribution is -0.388. The van der Waals surface area contributed by atoms with Gasteiger partial charge in [-0.3, -0.25) is 9.59 Å². The Balaban J connectivity index is 1.29. The molecular formula is C40H68N2O31. The highest BCUT2D eigenvalue weighted by atomic mass is 16.8. The predicted octanol–water partition coefficient (Wildman–Crippen LogP) is -13.8. The summed E-state index contributed by atoms with van der Waals surface area (Å²) in [6.45, 7) is -3.65. The zero-order valence-electron chi connectivity index (χ0n) is 38.9. The second kappa shape index (κ2) is 26.0. The van der Waals surface area contributed by atoms with Crippen LogP contribution in [0.1, 0.15) is 13.8 Å². The maximum atomic E-state index is 12.6. The van der Waals surface area contributed by atoms with Gasteiger partial charge in [0.05, 0.1) is 39.6 Å². The summed E-state index contributed by atoms with van der Waals surface area (Å²) in [6, 6.07) is -3.50. The Bertz CT molecular complexity index is 1740. The molecule has 33 heteroatoms. The van der Waals surface area contributed by atoms with Crippen LogP contribution in [-0.4, -0.2) is 327 Å². The molecule has 20 N–H and O–H groups in total. The minimum absolute atomic E-state index is 0.814. The monoisotopic (exact) mass is 1070 g/mol. The minimum atomic E-state index is -2.30. The van der Waals surface area contributed by atoms with E-state index in [0.29, 0.717) is 0 Å². The van der Waals surface area contributed by atoms with E-state index in [-0.39, 0.29) is 0 Å². The summed E-state index contributed by atoms with van der Waals surface area (Å²) < 4.78 is 63.3. The number of rotatable bonds is 18. The molecule has 0 aliphatic carbocycles. The van der Waals surface area contributed by atoms with Crippen molar-refractivity contribution in [3.05, 3.63) is 0 Å². The van der Waals surface area contributed by atoms with E-state index in [1.807, 2.05) is 0 Å². The Hall–Kier alpha value is -2.22. The number of aliphatic hydroxyl groups is 18. The summed E-state index contributed by atoms with van der Waals surface area (Å²) in [5.74, 6) is -1.68. The smallest absolute Gasteiger partial charge is 0.217 e. The predicted molar refractivity (Wildman–Crippen MR) is 222 cm³/mol. The number of carbonyl (C=O) groups excluding carboxylic acids is 2. The molecule has 0 radical (unpaired) electrons. The number of carbonyl (C=O) groups is 2. The molecule has 33 nitrogen and oxygen atoms in total. The molecule has 0 aromatic rings. The van der Waals surface area contributed by atoms with Crippen LogP contribution in [0.5, 0.6) is 0 Å². The Morgan fingerprint density at radius 2 is 0.685 bits per heavy atom. The first kappa shape index (κ1) is 60.0. The quantitative estimate of drug-likeness (QED) is 0.0606. The van der Waals surface area contributed by atoms with E-state index in [2.05, 4.69) is 10.6 Å². The normalized spacial score (nSPS) is 49.8. The molecule has 6 aliphatic rings. The van der Waals surface area contributed by atoms with Crippen molar-refractivity contribution < 1.29 is 154 Å². The summed E-state index contributed by atoms with van der Waals surface area (Å²) in [4.78, 5) is 25.1. The molecule has 0 saturated carbocycles. The molecular weight excluding hydrogens is 1000 g/mol. The van der Waals surface area contributed by atoms with Gasteiger partial charge in [-0.25, -0.2) is 0 Å². The van der Waals surface area contributed by atoms with E-state index in [1.165, 1.54) is 0 Å². The molecule has 424 valence electrons. The molecule has 6 rings (SSSR count). The standard InChI is InChI=1S/C40H68N2O31/c1-9(48)41-17-22(53)31(70-38-27(58)24(55)19(50)11(3-43)65-38)14(6-46)68-36(17)63-8-16-33(72-40-29(60)26(57)21(52)13(5-45)67-40)34(30(61)35(62)64-16)73-37-18(42-10(2)49)23(54)32(15(7-47)69-37)71-39-28(59)25(56)20(51)12(4-44)66-39/h11-40,43-47,50-62H,3-8H2,1-2H3,(H,41,48)(H,42,49)/t11-,12-,13-,14-,15-,16-,17-,18-,19+,20+,21+,22-,23-,24+,25+,26+,27-,28-,29-,30-,31-,32-,33-,34-,35?,36-,37+,38+,39+,40+/m1/s1. The van der Waals surface area contributed by atoms with E-state index in [4.69, 9.17) is 52.1 Å². The van der Waals surface area contributed by atoms with E-state index >= 15 is 0 Å². The lowest BCUT2D eigenvalue weighted by Crippen LogP contribution is -2.70. The fourth-order valence-electron chi connectivity index (χ4n) is 9.22. The number of ether oxygens (including phenoxy) is 11. The average molecular weight is 1070 g/mol. The summed E-state index contributed by atoms with van der Waals surface area (Å²) in [5, 5.41) is 196. The maximum absolute atomic E-state index is 12.6. The molecule has 1 unspecified atom stereocenters. The van der Waals surface area contributed by atoms with Gasteiger partial charge in [0.2, 0.25) is 11.8 Å². The molecule has 0 aromatic carbocycles. The van der Waals surface area contributed by atoms with Crippen molar-refractivity contribution in [1.82, 2.24) is 10.6 Å². The molecule has 6 saturated heterocycles. The highest BCUT2D eigenvalue weighted by Crippen LogP contribution is 2.36. The van der Waals surface area contributed by atoms with Gasteiger partial charge in [-0.1, -0.05) is 0 Å². The molecule has 0 bridgehead atoms. The van der Waals surface area contributed by atoms with Crippen molar-refractivity contribution in [1.29, 1.82) is 0 Å². The second-order valence-electron chi connectivity index (χ2n) is 18.3. The van der Waals surface area contributed by atoms with E-state index in [9.17, 15) is 102 Å². The minimum Gasteiger partial charge on any atom is -0.394 e. The number of nitrogens with one attached hydrogen (secondary N) is 2. The van der Waals surface area contributed by atoms with E-state index in [0.717, 1.165) is 13.8 Å². The van der Waals surface area contributed by atoms with Crippen LogP contribution in [0.15, 0.2) is 0 Å². The third-order valence-corrected chi connectivity index (χ3v) is 13.2. The molecule has 6 aliphatic heterocycles. The van der Waals surface area contributed by atoms with Crippen LogP contribution in [0.4, 0.5) is 0 Å². The highest BCUT2D eigenvalue weighted by molar-refractivity contribution is 5.73. The fraction of sp³-hybridized carbons (Fsp3) is 0.950. The third kappa shape index (κ3) is 13.0. The van der Waals surface area contributed by atoms with Crippen LogP contribution in [0.2, 0.25) is 0 Å². The van der Waals surface area contributed by atoms with Crippen molar-refractivity contribution >= 4 is 11.8 Å². The summed E-state index contributed by atoms with van der Waals surface area (Å²) in [5.41, 5.74) is 0. The number of hydrogen-bond acceptors (Lipinski definition) is 31. The molecule has 0 aromatic heterocycles. The van der Waals surface area contributed by atoms with Crippen LogP contribution in [0, 0.1) is 0 Å². The first-order valence-electron chi connectivity index (χ1n) is 23.1. The first-order valence-corrected chi connectivity index (χ1v) is 23.1. The summed E-state index contributed by atoms with van der Waals surface area (Å²) in [7, 11) is 0. The SMILES string of the molecule is CC(=O)N[C@H]1[C@H](OC[C@H]2OC(O)[C@H](O)[C@@H](O[C@@H]3O[C@H](CO)[C@@H](O[C@@H]4O[C@H](CO)[C@H](O)[C@H](O)[C@H]4O)[C@H](O)[C@H]3NC(C)=O)[C@@H]2O[C@@H]2O[C@H](CO)[C@H](O)[C@H](O)[C@H]2O)O[C@H](CO)[C@@H](O[C@@H]2O[C@H](CO)[C@H](O)[C@H](O)[C@H]2O)[C@@H]1O. The molecule has 2 amide bonds. The van der Waals surface area contributed by atoms with Crippen LogP contribution in [-0.2, 0) is 61.7 Å². The van der Waals surface area contributed by atoms with Crippen LogP contribution in [0.25, 0.3) is 0 Å². The number of amides is 2. The van der Waals surface area contributed by atoms with Crippen LogP contribution < -0.4 is 10.6 Å². The lowest BCUT2D eigenvalue weighted by Gasteiger charge is -2.50. The van der Waals surface area contributed by atoms with Gasteiger partial charge in [-0.2, -0.15) is 0 Å². The summed E-state index contributed by atoms with van der Waals surface area (Å²) >= 11 is 0. The van der Waals surface area contributed by atoms with Crippen molar-refractivity contribution in [3.63, 3.8) is 0 Å². The third-order valence-electron chi connectivity index (χ3n) is 13.2. The van der Waals surface area contributed by atoms with E-state index in [1.54, 1.807) is 0 Å². The topological polar surface area (TPSA) is 524 Å². The Kier molecular flexibility index (Phi) is 21.3. The first-order chi connectivity index (χ1) is 34.5. The Morgan fingerprint density at radius 1 is 0.356 bits per heavy atom. The number of hydrogen-bond donors (Lipinski definition) is 20. The van der Waals surface area contributed by atoms with Gasteiger partial charge in [0, 0.05) is 13.8 Å². The van der Waals surface area contributed by atoms with Crippen LogP contribution in [0.3, 0.4) is 0 Å². The largest absolute Gasteiger partial charge is 0.394 e. The summed E-state index contributed by atoms with van der Waals surface area (Å²) in [6.07, 6.45) is -53.4. The van der Waals surface area contributed by atoms with Gasteiger partial charge in [0.25, 0.3) is 0 Å². The van der Waals surface area contributed by atoms with Gasteiger partial charge < -0.3 is 155 Å². The second-order valence-corrected chi connectivity index (χ2v) is 18.3. The van der Waals surface area contributed by atoms with Gasteiger partial charge in [0.1, 0.15) is 146 Å². The number of aliphatic hydroxyl groups excluding tert-OH is 18. The lowest BCUT2D eigenvalue weighted by atomic mass is 9.94. The van der Waals surface area contributed by atoms with Crippen molar-refractivity contribution in [3.8, 4) is 0 Å². The van der Waals surface area contributed by atoms with Crippen molar-refractivity contribution in [2.45, 2.75) is 198 Å². The van der Waals surface area contributed by atoms with Gasteiger partial charge in [0.15, 0.2) is 37.7 Å². The van der Waals surface area contributed by atoms with E-state index < -0.39 is 236 Å². The molecule has 30 atom stereocenters. The zero-order valence-corrected chi connectivity index (χ0v) is 38.9. The Labute approximate surface area is 413 Å². The van der Waals surface area contributed by atoms with Gasteiger partial charge >= 0.3 is 0 Å². The fourth-order valence-corrected chi connectivity index (χ4v) is 9.22. The van der Waals surface area contributed by atoms with Crippen LogP contribution >= 0.6 is 0 Å². The highest BCUT2D eigenvalue weighted by Gasteiger charge is 2.57. The molecule has 73 heavy (non-hydrogen) atoms. The molecule has 0 spiro atoms. The molecule has 6 heterocycles. The van der Waals surface area contributed by atoms with Gasteiger partial charge in [-0.15, -0.1) is 0 Å². The van der Waals surface area contributed by atoms with Crippen molar-refractivity contribution in [2.24, 2.45) is 0 Å². The van der Waals surface area contributed by atoms with Gasteiger partial charge in [-0.05, 0) is 0 Å². The maximum Gasteiger partial charge on any atom is 0.217 e. The Morgan fingerprint density at radius 3 is 1.05 bits per heavy atom. The van der Waals surface area contributed by atoms with Crippen molar-refractivity contribution in [2.75, 3.05) is 39.6 Å².